The Hall–Kier alpha value is -0.970. The van der Waals surface area contributed by atoms with Crippen molar-refractivity contribution in [3.05, 3.63) is 22.7 Å². The molecule has 0 bridgehead atoms. The summed E-state index contributed by atoms with van der Waals surface area (Å²) in [5.41, 5.74) is 1.14. The van der Waals surface area contributed by atoms with Crippen molar-refractivity contribution in [3.63, 3.8) is 0 Å². The van der Waals surface area contributed by atoms with Gasteiger partial charge in [0, 0.05) is 24.2 Å². The van der Waals surface area contributed by atoms with Crippen molar-refractivity contribution in [2.24, 2.45) is 0 Å². The molecular weight excluding hydrogens is 266 g/mol. The van der Waals surface area contributed by atoms with Crippen molar-refractivity contribution in [1.29, 1.82) is 0 Å². The van der Waals surface area contributed by atoms with E-state index in [9.17, 15) is 0 Å². The summed E-state index contributed by atoms with van der Waals surface area (Å²) in [7, 11) is 0. The number of ether oxygens (including phenoxy) is 3. The van der Waals surface area contributed by atoms with E-state index < -0.39 is 0 Å². The Labute approximate surface area is 118 Å². The Morgan fingerprint density at radius 1 is 1.11 bits per heavy atom. The van der Waals surface area contributed by atoms with Crippen LogP contribution >= 0.6 is 11.6 Å². The van der Waals surface area contributed by atoms with Gasteiger partial charge in [-0.2, -0.15) is 0 Å². The second-order valence-electron chi connectivity index (χ2n) is 4.85. The lowest BCUT2D eigenvalue weighted by atomic mass is 10.1. The van der Waals surface area contributed by atoms with E-state index in [1.54, 1.807) is 0 Å². The average molecular weight is 284 g/mol. The predicted molar refractivity (Wildman–Crippen MR) is 73.2 cm³/mol. The van der Waals surface area contributed by atoms with Gasteiger partial charge in [0.2, 0.25) is 6.79 Å². The highest BCUT2D eigenvalue weighted by atomic mass is 35.5. The van der Waals surface area contributed by atoms with Gasteiger partial charge in [0.25, 0.3) is 0 Å². The molecular formula is C14H18ClNO3. The summed E-state index contributed by atoms with van der Waals surface area (Å²) in [4.78, 5) is 2.43. The van der Waals surface area contributed by atoms with Gasteiger partial charge >= 0.3 is 0 Å². The second-order valence-corrected chi connectivity index (χ2v) is 5.26. The van der Waals surface area contributed by atoms with E-state index in [1.165, 1.54) is 0 Å². The zero-order valence-electron chi connectivity index (χ0n) is 10.9. The first-order valence-corrected chi connectivity index (χ1v) is 7.09. The Morgan fingerprint density at radius 2 is 1.84 bits per heavy atom. The maximum atomic E-state index is 6.26. The molecule has 0 atom stereocenters. The van der Waals surface area contributed by atoms with Crippen LogP contribution in [0.4, 0.5) is 0 Å². The number of nitrogens with zero attached hydrogens (tertiary/aromatic N) is 1. The standard InChI is InChI=1S/C14H18ClNO3/c15-12-9-14-13(18-10-19-14)8-11(12)2-1-3-16-4-6-17-7-5-16/h8-9H,1-7,10H2. The lowest BCUT2D eigenvalue weighted by Gasteiger charge is -2.26. The largest absolute Gasteiger partial charge is 0.454 e. The van der Waals surface area contributed by atoms with Crippen molar-refractivity contribution >= 4 is 11.6 Å². The molecule has 0 radical (unpaired) electrons. The quantitative estimate of drug-likeness (QED) is 0.849. The molecule has 3 rings (SSSR count). The molecule has 1 saturated heterocycles. The molecule has 0 aliphatic carbocycles. The van der Waals surface area contributed by atoms with E-state index in [-0.39, 0.29) is 0 Å². The van der Waals surface area contributed by atoms with E-state index in [4.69, 9.17) is 25.8 Å². The Bertz CT molecular complexity index is 447. The van der Waals surface area contributed by atoms with Crippen molar-refractivity contribution in [1.82, 2.24) is 4.90 Å². The van der Waals surface area contributed by atoms with Crippen LogP contribution in [0.1, 0.15) is 12.0 Å². The smallest absolute Gasteiger partial charge is 0.231 e. The zero-order chi connectivity index (χ0) is 13.1. The molecule has 1 aromatic rings. The summed E-state index contributed by atoms with van der Waals surface area (Å²) < 4.78 is 16.0. The zero-order valence-corrected chi connectivity index (χ0v) is 11.6. The van der Waals surface area contributed by atoms with Crippen LogP contribution in [-0.4, -0.2) is 44.5 Å². The molecule has 0 unspecified atom stereocenters. The fraction of sp³-hybridized carbons (Fsp3) is 0.571. The molecule has 19 heavy (non-hydrogen) atoms. The van der Waals surface area contributed by atoms with Crippen LogP contribution in [-0.2, 0) is 11.2 Å². The minimum absolute atomic E-state index is 0.295. The minimum atomic E-state index is 0.295. The lowest BCUT2D eigenvalue weighted by molar-refractivity contribution is 0.0375. The van der Waals surface area contributed by atoms with Crippen LogP contribution < -0.4 is 9.47 Å². The molecule has 4 nitrogen and oxygen atoms in total. The summed E-state index contributed by atoms with van der Waals surface area (Å²) in [5, 5.41) is 0.770. The highest BCUT2D eigenvalue weighted by Crippen LogP contribution is 2.37. The summed E-state index contributed by atoms with van der Waals surface area (Å²) >= 11 is 6.26. The van der Waals surface area contributed by atoms with Crippen LogP contribution in [0.25, 0.3) is 0 Å². The van der Waals surface area contributed by atoms with Crippen molar-refractivity contribution in [3.8, 4) is 11.5 Å². The van der Waals surface area contributed by atoms with Gasteiger partial charge in [-0.3, -0.25) is 4.90 Å². The number of fused-ring (bicyclic) bond motifs is 1. The van der Waals surface area contributed by atoms with Gasteiger partial charge in [0.05, 0.1) is 13.2 Å². The van der Waals surface area contributed by atoms with Crippen molar-refractivity contribution in [2.75, 3.05) is 39.6 Å². The molecule has 0 amide bonds. The molecule has 2 heterocycles. The Morgan fingerprint density at radius 3 is 2.63 bits per heavy atom. The number of hydrogen-bond acceptors (Lipinski definition) is 4. The van der Waals surface area contributed by atoms with E-state index in [2.05, 4.69) is 4.90 Å². The molecule has 0 aromatic heterocycles. The molecule has 0 saturated carbocycles. The molecule has 0 N–H and O–H groups in total. The molecule has 1 fully saturated rings. The molecule has 1 aromatic carbocycles. The highest BCUT2D eigenvalue weighted by molar-refractivity contribution is 6.31. The first kappa shape index (κ1) is 13.0. The van der Waals surface area contributed by atoms with E-state index in [0.29, 0.717) is 6.79 Å². The van der Waals surface area contributed by atoms with Crippen LogP contribution in [0.15, 0.2) is 12.1 Å². The summed E-state index contributed by atoms with van der Waals surface area (Å²) in [6.45, 7) is 5.16. The molecule has 5 heteroatoms. The average Bonchev–Trinajstić information content (AvgIpc) is 2.87. The van der Waals surface area contributed by atoms with Crippen molar-refractivity contribution < 1.29 is 14.2 Å². The summed E-state index contributed by atoms with van der Waals surface area (Å²) in [6.07, 6.45) is 2.06. The fourth-order valence-electron chi connectivity index (χ4n) is 2.47. The van der Waals surface area contributed by atoms with Crippen LogP contribution in [0.3, 0.4) is 0 Å². The number of hydrogen-bond donors (Lipinski definition) is 0. The second kappa shape index (κ2) is 5.99. The molecule has 2 aliphatic heterocycles. The summed E-state index contributed by atoms with van der Waals surface area (Å²) in [6, 6.07) is 3.86. The topological polar surface area (TPSA) is 30.9 Å². The first-order valence-electron chi connectivity index (χ1n) is 6.71. The maximum Gasteiger partial charge on any atom is 0.231 e. The van der Waals surface area contributed by atoms with Gasteiger partial charge in [0.1, 0.15) is 0 Å². The van der Waals surface area contributed by atoms with Gasteiger partial charge in [-0.15, -0.1) is 0 Å². The third-order valence-electron chi connectivity index (χ3n) is 3.57. The number of halogens is 1. The SMILES string of the molecule is Clc1cc2c(cc1CCCN1CCOCC1)OCO2. The van der Waals surface area contributed by atoms with E-state index >= 15 is 0 Å². The normalized spacial score (nSPS) is 18.8. The van der Waals surface area contributed by atoms with E-state index in [0.717, 1.165) is 67.8 Å². The maximum absolute atomic E-state index is 6.26. The molecule has 104 valence electrons. The Kier molecular flexibility index (Phi) is 4.11. The third-order valence-corrected chi connectivity index (χ3v) is 3.92. The van der Waals surface area contributed by atoms with Crippen LogP contribution in [0.2, 0.25) is 5.02 Å². The van der Waals surface area contributed by atoms with Gasteiger partial charge in [-0.05, 0) is 31.0 Å². The van der Waals surface area contributed by atoms with Crippen molar-refractivity contribution in [2.45, 2.75) is 12.8 Å². The van der Waals surface area contributed by atoms with Crippen LogP contribution in [0, 0.1) is 0 Å². The van der Waals surface area contributed by atoms with Crippen LogP contribution in [0.5, 0.6) is 11.5 Å². The number of rotatable bonds is 4. The van der Waals surface area contributed by atoms with Gasteiger partial charge < -0.3 is 14.2 Å². The van der Waals surface area contributed by atoms with Gasteiger partial charge in [-0.1, -0.05) is 11.6 Å². The molecule has 2 aliphatic rings. The van der Waals surface area contributed by atoms with Gasteiger partial charge in [-0.25, -0.2) is 0 Å². The lowest BCUT2D eigenvalue weighted by Crippen LogP contribution is -2.36. The molecule has 0 spiro atoms. The van der Waals surface area contributed by atoms with Gasteiger partial charge in [0.15, 0.2) is 11.5 Å². The third kappa shape index (κ3) is 3.14. The number of benzene rings is 1. The van der Waals surface area contributed by atoms with E-state index in [1.807, 2.05) is 12.1 Å². The number of morpholine rings is 1. The Balaban J connectivity index is 1.54. The minimum Gasteiger partial charge on any atom is -0.454 e. The monoisotopic (exact) mass is 283 g/mol. The highest BCUT2D eigenvalue weighted by Gasteiger charge is 2.16. The summed E-state index contributed by atoms with van der Waals surface area (Å²) in [5.74, 6) is 1.56. The predicted octanol–water partition coefficient (Wildman–Crippen LogP) is 2.33. The first-order chi connectivity index (χ1) is 9.33. The fourth-order valence-corrected chi connectivity index (χ4v) is 2.72. The number of aryl methyl sites for hydroxylation is 1.